The normalized spacial score (nSPS) is 20.0. The van der Waals surface area contributed by atoms with Crippen molar-refractivity contribution in [2.24, 2.45) is 0 Å². The first kappa shape index (κ1) is 14.8. The van der Waals surface area contributed by atoms with Crippen LogP contribution in [0.25, 0.3) is 0 Å². The highest BCUT2D eigenvalue weighted by molar-refractivity contribution is 5.26. The number of nitrogens with zero attached hydrogens (tertiary/aromatic N) is 2. The van der Waals surface area contributed by atoms with Gasteiger partial charge in [0.1, 0.15) is 5.82 Å². The van der Waals surface area contributed by atoms with E-state index in [2.05, 4.69) is 24.1 Å². The molecule has 2 aliphatic carbocycles. The molecule has 0 amide bonds. The predicted molar refractivity (Wildman–Crippen MR) is 83.5 cm³/mol. The van der Waals surface area contributed by atoms with Gasteiger partial charge in [-0.1, -0.05) is 20.3 Å². The van der Waals surface area contributed by atoms with Crippen molar-refractivity contribution < 1.29 is 4.74 Å². The Bertz CT molecular complexity index is 465. The van der Waals surface area contributed by atoms with Crippen molar-refractivity contribution >= 4 is 0 Å². The SMILES string of the molecule is CC(C)c1ncc(OC2CCCCC2)c(CNC2CC2)n1. The zero-order valence-corrected chi connectivity index (χ0v) is 13.3. The molecule has 21 heavy (non-hydrogen) atoms. The van der Waals surface area contributed by atoms with Crippen molar-refractivity contribution in [2.75, 3.05) is 0 Å². The minimum Gasteiger partial charge on any atom is -0.487 e. The maximum atomic E-state index is 6.21. The summed E-state index contributed by atoms with van der Waals surface area (Å²) in [5, 5.41) is 3.55. The number of hydrogen-bond acceptors (Lipinski definition) is 4. The van der Waals surface area contributed by atoms with Gasteiger partial charge in [-0.2, -0.15) is 0 Å². The van der Waals surface area contributed by atoms with Crippen LogP contribution in [0.2, 0.25) is 0 Å². The van der Waals surface area contributed by atoms with Crippen LogP contribution in [0.4, 0.5) is 0 Å². The third-order valence-electron chi connectivity index (χ3n) is 4.35. The molecule has 4 heteroatoms. The first-order valence-corrected chi connectivity index (χ1v) is 8.48. The zero-order chi connectivity index (χ0) is 14.7. The molecule has 116 valence electrons. The van der Waals surface area contributed by atoms with E-state index in [0.717, 1.165) is 23.8 Å². The van der Waals surface area contributed by atoms with Crippen molar-refractivity contribution in [1.29, 1.82) is 0 Å². The van der Waals surface area contributed by atoms with E-state index >= 15 is 0 Å². The summed E-state index contributed by atoms with van der Waals surface area (Å²) in [5.41, 5.74) is 1.03. The fraction of sp³-hybridized carbons (Fsp3) is 0.765. The summed E-state index contributed by atoms with van der Waals surface area (Å²) in [6.45, 7) is 5.07. The Kier molecular flexibility index (Phi) is 4.73. The Hall–Kier alpha value is -1.16. The summed E-state index contributed by atoms with van der Waals surface area (Å²) >= 11 is 0. The fourth-order valence-electron chi connectivity index (χ4n) is 2.82. The summed E-state index contributed by atoms with van der Waals surface area (Å²) in [7, 11) is 0. The molecule has 1 N–H and O–H groups in total. The van der Waals surface area contributed by atoms with Crippen LogP contribution < -0.4 is 10.1 Å². The lowest BCUT2D eigenvalue weighted by molar-refractivity contribution is 0.151. The summed E-state index contributed by atoms with van der Waals surface area (Å²) in [6.07, 6.45) is 11.1. The van der Waals surface area contributed by atoms with Crippen LogP contribution in [0.1, 0.15) is 76.2 Å². The molecule has 2 saturated carbocycles. The highest BCUT2D eigenvalue weighted by Gasteiger charge is 2.23. The van der Waals surface area contributed by atoms with Gasteiger partial charge in [0.05, 0.1) is 18.0 Å². The van der Waals surface area contributed by atoms with E-state index in [1.165, 1.54) is 44.9 Å². The molecule has 2 fully saturated rings. The zero-order valence-electron chi connectivity index (χ0n) is 13.3. The Morgan fingerprint density at radius 3 is 2.62 bits per heavy atom. The Balaban J connectivity index is 1.72. The molecule has 0 unspecified atom stereocenters. The molecule has 0 aliphatic heterocycles. The molecule has 0 aromatic carbocycles. The van der Waals surface area contributed by atoms with E-state index in [4.69, 9.17) is 9.72 Å². The average Bonchev–Trinajstić information content (AvgIpc) is 3.31. The van der Waals surface area contributed by atoms with E-state index < -0.39 is 0 Å². The van der Waals surface area contributed by atoms with Gasteiger partial charge in [-0.3, -0.25) is 0 Å². The van der Waals surface area contributed by atoms with E-state index in [1.807, 2.05) is 6.20 Å². The molecule has 2 aliphatic rings. The lowest BCUT2D eigenvalue weighted by Gasteiger charge is -2.24. The predicted octanol–water partition coefficient (Wildman–Crippen LogP) is 3.56. The van der Waals surface area contributed by atoms with Crippen molar-refractivity contribution in [2.45, 2.75) is 83.4 Å². The third kappa shape index (κ3) is 4.16. The van der Waals surface area contributed by atoms with Gasteiger partial charge < -0.3 is 10.1 Å². The molecule has 1 aromatic rings. The van der Waals surface area contributed by atoms with Crippen LogP contribution in [0.5, 0.6) is 5.75 Å². The van der Waals surface area contributed by atoms with Gasteiger partial charge >= 0.3 is 0 Å². The monoisotopic (exact) mass is 289 g/mol. The number of ether oxygens (including phenoxy) is 1. The number of rotatable bonds is 6. The van der Waals surface area contributed by atoms with Crippen LogP contribution in [0, 0.1) is 0 Å². The van der Waals surface area contributed by atoms with E-state index in [9.17, 15) is 0 Å². The van der Waals surface area contributed by atoms with Crippen LogP contribution in [0.15, 0.2) is 6.20 Å². The van der Waals surface area contributed by atoms with E-state index in [1.54, 1.807) is 0 Å². The standard InChI is InChI=1S/C17H27N3O/c1-12(2)17-19-11-16(21-14-6-4-3-5-7-14)15(20-17)10-18-13-8-9-13/h11-14,18H,3-10H2,1-2H3. The first-order chi connectivity index (χ1) is 10.2. The summed E-state index contributed by atoms with van der Waals surface area (Å²) in [5.74, 6) is 2.16. The van der Waals surface area contributed by atoms with Crippen LogP contribution in [0.3, 0.4) is 0 Å². The van der Waals surface area contributed by atoms with Gasteiger partial charge in [-0.15, -0.1) is 0 Å². The van der Waals surface area contributed by atoms with Crippen molar-refractivity contribution in [3.63, 3.8) is 0 Å². The van der Waals surface area contributed by atoms with Gasteiger partial charge in [0.2, 0.25) is 0 Å². The molecule has 0 atom stereocenters. The van der Waals surface area contributed by atoms with Gasteiger partial charge in [0.15, 0.2) is 5.75 Å². The largest absolute Gasteiger partial charge is 0.487 e. The van der Waals surface area contributed by atoms with Gasteiger partial charge in [-0.25, -0.2) is 9.97 Å². The summed E-state index contributed by atoms with van der Waals surface area (Å²) < 4.78 is 6.21. The lowest BCUT2D eigenvalue weighted by atomic mass is 9.98. The van der Waals surface area contributed by atoms with Crippen LogP contribution >= 0.6 is 0 Å². The maximum Gasteiger partial charge on any atom is 0.160 e. The molecular weight excluding hydrogens is 262 g/mol. The van der Waals surface area contributed by atoms with Crippen molar-refractivity contribution in [1.82, 2.24) is 15.3 Å². The second kappa shape index (κ2) is 6.73. The highest BCUT2D eigenvalue weighted by Crippen LogP contribution is 2.27. The summed E-state index contributed by atoms with van der Waals surface area (Å²) in [6, 6.07) is 0.685. The number of hydrogen-bond donors (Lipinski definition) is 1. The smallest absolute Gasteiger partial charge is 0.160 e. The Morgan fingerprint density at radius 2 is 1.95 bits per heavy atom. The fourth-order valence-corrected chi connectivity index (χ4v) is 2.82. The Morgan fingerprint density at radius 1 is 1.19 bits per heavy atom. The average molecular weight is 289 g/mol. The highest BCUT2D eigenvalue weighted by atomic mass is 16.5. The minimum absolute atomic E-state index is 0.354. The first-order valence-electron chi connectivity index (χ1n) is 8.48. The van der Waals surface area contributed by atoms with Crippen LogP contribution in [-0.4, -0.2) is 22.1 Å². The molecule has 1 aromatic heterocycles. The molecule has 0 saturated heterocycles. The second-order valence-corrected chi connectivity index (χ2v) is 6.73. The van der Waals surface area contributed by atoms with Gasteiger partial charge in [0.25, 0.3) is 0 Å². The van der Waals surface area contributed by atoms with E-state index in [0.29, 0.717) is 18.1 Å². The minimum atomic E-state index is 0.354. The maximum absolute atomic E-state index is 6.21. The van der Waals surface area contributed by atoms with Gasteiger partial charge in [0, 0.05) is 18.5 Å². The molecule has 1 heterocycles. The number of nitrogens with one attached hydrogen (secondary N) is 1. The molecular formula is C17H27N3O. The number of aromatic nitrogens is 2. The third-order valence-corrected chi connectivity index (χ3v) is 4.35. The molecule has 0 spiro atoms. The second-order valence-electron chi connectivity index (χ2n) is 6.73. The van der Waals surface area contributed by atoms with E-state index in [-0.39, 0.29) is 0 Å². The molecule has 0 radical (unpaired) electrons. The van der Waals surface area contributed by atoms with Crippen molar-refractivity contribution in [3.05, 3.63) is 17.7 Å². The van der Waals surface area contributed by atoms with Crippen LogP contribution in [-0.2, 0) is 6.54 Å². The van der Waals surface area contributed by atoms with Crippen molar-refractivity contribution in [3.8, 4) is 5.75 Å². The molecule has 0 bridgehead atoms. The van der Waals surface area contributed by atoms with Gasteiger partial charge in [-0.05, 0) is 38.5 Å². The quantitative estimate of drug-likeness (QED) is 0.870. The molecule has 4 nitrogen and oxygen atoms in total. The Labute approximate surface area is 127 Å². The topological polar surface area (TPSA) is 47.0 Å². The molecule has 3 rings (SSSR count). The lowest BCUT2D eigenvalue weighted by Crippen LogP contribution is -2.23. The summed E-state index contributed by atoms with van der Waals surface area (Å²) in [4.78, 5) is 9.22.